The summed E-state index contributed by atoms with van der Waals surface area (Å²) >= 11 is 0. The summed E-state index contributed by atoms with van der Waals surface area (Å²) in [5.74, 6) is 0. The third kappa shape index (κ3) is 4.28. The van der Waals surface area contributed by atoms with E-state index in [2.05, 4.69) is 144 Å². The largest absolute Gasteiger partial charge is 0.354 e. The number of H-pyrrole nitrogens is 1. The minimum atomic E-state index is 0.787. The molecule has 0 fully saturated rings. The highest BCUT2D eigenvalue weighted by atomic mass is 15.3. The number of fused-ring (bicyclic) bond motifs is 3. The zero-order chi connectivity index (χ0) is 28.6. The Morgan fingerprint density at radius 1 is 0.372 bits per heavy atom. The van der Waals surface area contributed by atoms with Crippen LogP contribution in [0.25, 0.3) is 77.7 Å². The molecule has 0 amide bonds. The summed E-state index contributed by atoms with van der Waals surface area (Å²) in [4.78, 5) is 3.74. The van der Waals surface area contributed by atoms with E-state index in [1.54, 1.807) is 0 Å². The van der Waals surface area contributed by atoms with Crippen LogP contribution in [0.1, 0.15) is 0 Å². The van der Waals surface area contributed by atoms with Crippen molar-refractivity contribution < 1.29 is 0 Å². The molecule has 8 aromatic rings. The Bertz CT molecular complexity index is 2220. The second-order valence-corrected chi connectivity index (χ2v) is 10.6. The first-order valence-electron chi connectivity index (χ1n) is 14.4. The SMILES string of the molecule is c1ccc(-c2ccccc2-c2nnnc(-c3c(-c4ccccc4)ccc4c3[nH]c3ccccc34)c2-c2ccccc2)cc1. The Morgan fingerprint density at radius 3 is 1.65 bits per heavy atom. The summed E-state index contributed by atoms with van der Waals surface area (Å²) in [5.41, 5.74) is 12.1. The Hall–Kier alpha value is -5.87. The maximum Gasteiger partial charge on any atom is 0.108 e. The van der Waals surface area contributed by atoms with Crippen LogP contribution >= 0.6 is 0 Å². The number of hydrogen-bond acceptors (Lipinski definition) is 3. The molecule has 8 rings (SSSR count). The van der Waals surface area contributed by atoms with E-state index in [0.717, 1.165) is 72.3 Å². The maximum absolute atomic E-state index is 4.84. The van der Waals surface area contributed by atoms with Gasteiger partial charge in [-0.25, -0.2) is 0 Å². The second-order valence-electron chi connectivity index (χ2n) is 10.6. The van der Waals surface area contributed by atoms with Crippen molar-refractivity contribution in [2.75, 3.05) is 0 Å². The molecule has 6 aromatic carbocycles. The van der Waals surface area contributed by atoms with Crippen LogP contribution in [0.3, 0.4) is 0 Å². The monoisotopic (exact) mass is 550 g/mol. The molecule has 202 valence electrons. The van der Waals surface area contributed by atoms with Crippen LogP contribution in [0, 0.1) is 0 Å². The van der Waals surface area contributed by atoms with E-state index in [4.69, 9.17) is 10.2 Å². The van der Waals surface area contributed by atoms with Crippen LogP contribution in [0.5, 0.6) is 0 Å². The van der Waals surface area contributed by atoms with Crippen molar-refractivity contribution in [2.45, 2.75) is 0 Å². The van der Waals surface area contributed by atoms with Gasteiger partial charge >= 0.3 is 0 Å². The van der Waals surface area contributed by atoms with Crippen LogP contribution in [-0.2, 0) is 0 Å². The number of nitrogens with zero attached hydrogens (tertiary/aromatic N) is 3. The van der Waals surface area contributed by atoms with Crippen LogP contribution in [-0.4, -0.2) is 20.4 Å². The topological polar surface area (TPSA) is 54.5 Å². The fraction of sp³-hybridized carbons (Fsp3) is 0. The second kappa shape index (κ2) is 10.5. The lowest BCUT2D eigenvalue weighted by molar-refractivity contribution is 0.879. The quantitative estimate of drug-likeness (QED) is 0.232. The number of benzene rings is 6. The Balaban J connectivity index is 1.51. The van der Waals surface area contributed by atoms with E-state index in [0.29, 0.717) is 0 Å². The average Bonchev–Trinajstić information content (AvgIpc) is 3.47. The number of nitrogens with one attached hydrogen (secondary N) is 1. The van der Waals surface area contributed by atoms with Gasteiger partial charge in [0, 0.05) is 33.0 Å². The molecule has 4 nitrogen and oxygen atoms in total. The van der Waals surface area contributed by atoms with Crippen LogP contribution in [0.2, 0.25) is 0 Å². The standard InChI is InChI=1S/C39H26N4/c1-4-14-26(15-5-1)29-20-10-11-22-32(29)38-35(28-18-8-3-9-19-28)39(42-43-41-38)36-30(27-16-6-2-7-17-27)24-25-33-31-21-12-13-23-34(31)40-37(33)36/h1-25,40H. The van der Waals surface area contributed by atoms with Crippen molar-refractivity contribution in [1.29, 1.82) is 0 Å². The first-order valence-corrected chi connectivity index (χ1v) is 14.4. The third-order valence-electron chi connectivity index (χ3n) is 8.10. The Labute approximate surface area is 249 Å². The lowest BCUT2D eigenvalue weighted by Crippen LogP contribution is -2.02. The molecule has 0 radical (unpaired) electrons. The molecule has 0 saturated heterocycles. The Kier molecular flexibility index (Phi) is 6.08. The number of aromatic nitrogens is 4. The minimum Gasteiger partial charge on any atom is -0.354 e. The summed E-state index contributed by atoms with van der Waals surface area (Å²) < 4.78 is 0. The number of hydrogen-bond donors (Lipinski definition) is 1. The van der Waals surface area contributed by atoms with Gasteiger partial charge in [-0.15, -0.1) is 10.2 Å². The van der Waals surface area contributed by atoms with Gasteiger partial charge < -0.3 is 4.98 Å². The van der Waals surface area contributed by atoms with E-state index < -0.39 is 0 Å². The number of aromatic amines is 1. The van der Waals surface area contributed by atoms with Crippen molar-refractivity contribution in [2.24, 2.45) is 0 Å². The number of rotatable bonds is 5. The first-order chi connectivity index (χ1) is 21.4. The summed E-state index contributed by atoms with van der Waals surface area (Å²) in [5, 5.41) is 16.4. The molecule has 0 aliphatic rings. The smallest absolute Gasteiger partial charge is 0.108 e. The molecule has 2 aromatic heterocycles. The molecule has 4 heteroatoms. The van der Waals surface area contributed by atoms with Gasteiger partial charge in [0.15, 0.2) is 0 Å². The summed E-state index contributed by atoms with van der Waals surface area (Å²) in [6, 6.07) is 52.6. The summed E-state index contributed by atoms with van der Waals surface area (Å²) in [7, 11) is 0. The van der Waals surface area contributed by atoms with Crippen LogP contribution < -0.4 is 0 Å². The van der Waals surface area contributed by atoms with Gasteiger partial charge in [0.1, 0.15) is 11.4 Å². The molecule has 0 unspecified atom stereocenters. The normalized spacial score (nSPS) is 11.3. The zero-order valence-corrected chi connectivity index (χ0v) is 23.3. The molecular weight excluding hydrogens is 524 g/mol. The maximum atomic E-state index is 4.84. The molecule has 0 bridgehead atoms. The zero-order valence-electron chi connectivity index (χ0n) is 23.3. The summed E-state index contributed by atoms with van der Waals surface area (Å²) in [6.07, 6.45) is 0. The van der Waals surface area contributed by atoms with Crippen molar-refractivity contribution >= 4 is 21.8 Å². The van der Waals surface area contributed by atoms with E-state index in [-0.39, 0.29) is 0 Å². The molecule has 2 heterocycles. The molecule has 0 spiro atoms. The molecule has 0 atom stereocenters. The lowest BCUT2D eigenvalue weighted by Gasteiger charge is -2.18. The van der Waals surface area contributed by atoms with Crippen molar-refractivity contribution in [3.63, 3.8) is 0 Å². The van der Waals surface area contributed by atoms with Gasteiger partial charge in [-0.05, 0) is 39.1 Å². The molecule has 0 saturated carbocycles. The molecule has 0 aliphatic carbocycles. The predicted molar refractivity (Wildman–Crippen MR) is 176 cm³/mol. The predicted octanol–water partition coefficient (Wildman–Crippen LogP) is 9.84. The van der Waals surface area contributed by atoms with Gasteiger partial charge in [0.25, 0.3) is 0 Å². The van der Waals surface area contributed by atoms with Crippen LogP contribution in [0.15, 0.2) is 152 Å². The number of para-hydroxylation sites is 1. The summed E-state index contributed by atoms with van der Waals surface area (Å²) in [6.45, 7) is 0. The highest BCUT2D eigenvalue weighted by Gasteiger charge is 2.25. The Morgan fingerprint density at radius 2 is 0.930 bits per heavy atom. The van der Waals surface area contributed by atoms with E-state index in [1.807, 2.05) is 18.2 Å². The van der Waals surface area contributed by atoms with E-state index in [9.17, 15) is 0 Å². The van der Waals surface area contributed by atoms with Gasteiger partial charge in [0.05, 0.1) is 5.52 Å². The highest BCUT2D eigenvalue weighted by molar-refractivity contribution is 6.16. The van der Waals surface area contributed by atoms with Gasteiger partial charge in [-0.1, -0.05) is 146 Å². The van der Waals surface area contributed by atoms with Crippen molar-refractivity contribution in [1.82, 2.24) is 20.4 Å². The third-order valence-corrected chi connectivity index (χ3v) is 8.10. The molecular formula is C39H26N4. The molecule has 0 aliphatic heterocycles. The molecule has 43 heavy (non-hydrogen) atoms. The van der Waals surface area contributed by atoms with Crippen molar-refractivity contribution in [3.05, 3.63) is 152 Å². The fourth-order valence-corrected chi connectivity index (χ4v) is 6.15. The highest BCUT2D eigenvalue weighted by Crippen LogP contribution is 2.46. The van der Waals surface area contributed by atoms with E-state index in [1.165, 1.54) is 5.39 Å². The van der Waals surface area contributed by atoms with Gasteiger partial charge in [-0.2, -0.15) is 0 Å². The minimum absolute atomic E-state index is 0.787. The van der Waals surface area contributed by atoms with Crippen LogP contribution in [0.4, 0.5) is 0 Å². The average molecular weight is 551 g/mol. The lowest BCUT2D eigenvalue weighted by atomic mass is 9.88. The van der Waals surface area contributed by atoms with Gasteiger partial charge in [-0.3, -0.25) is 0 Å². The van der Waals surface area contributed by atoms with Crippen molar-refractivity contribution in [3.8, 4) is 55.9 Å². The fourth-order valence-electron chi connectivity index (χ4n) is 6.15. The van der Waals surface area contributed by atoms with Gasteiger partial charge in [0.2, 0.25) is 0 Å². The molecule has 1 N–H and O–H groups in total. The van der Waals surface area contributed by atoms with E-state index >= 15 is 0 Å². The first kappa shape index (κ1) is 24.9.